The molecule has 0 radical (unpaired) electrons. The zero-order valence-electron chi connectivity index (χ0n) is 22.7. The minimum absolute atomic E-state index is 0.0464. The van der Waals surface area contributed by atoms with Crippen molar-refractivity contribution < 1.29 is 22.7 Å². The molecule has 0 aliphatic carbocycles. The van der Waals surface area contributed by atoms with Gasteiger partial charge in [0, 0.05) is 25.2 Å². The number of aromatic nitrogens is 3. The van der Waals surface area contributed by atoms with Crippen molar-refractivity contribution in [1.82, 2.24) is 24.6 Å². The van der Waals surface area contributed by atoms with E-state index in [1.54, 1.807) is 30.5 Å². The number of ether oxygens (including phenoxy) is 2. The molecular weight excluding hydrogens is 544 g/mol. The summed E-state index contributed by atoms with van der Waals surface area (Å²) in [6.45, 7) is 1.76. The van der Waals surface area contributed by atoms with Crippen molar-refractivity contribution in [1.29, 1.82) is 0 Å². The van der Waals surface area contributed by atoms with Crippen LogP contribution in [-0.2, 0) is 21.2 Å². The standard InChI is InChI=1S/C29H32N6O5S/c1-39-25-12-10-22(19-26(25)41(37,38)35-15-17-40-18-16-35)24-20-31-23-11-13-27(33-28(23)32-24)34-29(36)30-14-6-5-9-21-7-3-2-4-8-21/h2-4,7-8,10-13,19-20H,5-6,9,14-18H2,1H3,(H2,30,32,33,34,36). The van der Waals surface area contributed by atoms with Crippen LogP contribution in [0.15, 0.2) is 71.8 Å². The molecular formula is C29H32N6O5S. The molecule has 1 aliphatic rings. The summed E-state index contributed by atoms with van der Waals surface area (Å²) in [6.07, 6.45) is 4.35. The largest absolute Gasteiger partial charge is 0.495 e. The van der Waals surface area contributed by atoms with Crippen molar-refractivity contribution in [3.8, 4) is 17.0 Å². The highest BCUT2D eigenvalue weighted by Crippen LogP contribution is 2.32. The van der Waals surface area contributed by atoms with Gasteiger partial charge in [0.1, 0.15) is 22.0 Å². The first kappa shape index (κ1) is 28.4. The summed E-state index contributed by atoms with van der Waals surface area (Å²) >= 11 is 0. The lowest BCUT2D eigenvalue weighted by atomic mass is 10.1. The van der Waals surface area contributed by atoms with Crippen LogP contribution in [0.1, 0.15) is 18.4 Å². The van der Waals surface area contributed by atoms with E-state index in [4.69, 9.17) is 9.47 Å². The summed E-state index contributed by atoms with van der Waals surface area (Å²) in [7, 11) is -2.38. The van der Waals surface area contributed by atoms with Gasteiger partial charge < -0.3 is 14.8 Å². The maximum Gasteiger partial charge on any atom is 0.320 e. The Hall–Kier alpha value is -4.13. The number of morpholine rings is 1. The lowest BCUT2D eigenvalue weighted by Crippen LogP contribution is -2.40. The number of aryl methyl sites for hydroxylation is 1. The molecule has 0 saturated carbocycles. The fourth-order valence-corrected chi connectivity index (χ4v) is 6.12. The number of carbonyl (C=O) groups is 1. The summed E-state index contributed by atoms with van der Waals surface area (Å²) in [5.74, 6) is 0.570. The third-order valence-electron chi connectivity index (χ3n) is 6.72. The highest BCUT2D eigenvalue weighted by atomic mass is 32.2. The number of nitrogens with one attached hydrogen (secondary N) is 2. The van der Waals surface area contributed by atoms with Gasteiger partial charge in [-0.25, -0.2) is 23.2 Å². The third kappa shape index (κ3) is 6.96. The average molecular weight is 577 g/mol. The second kappa shape index (κ2) is 13.0. The van der Waals surface area contributed by atoms with Crippen LogP contribution in [0, 0.1) is 0 Å². The van der Waals surface area contributed by atoms with Gasteiger partial charge in [0.15, 0.2) is 5.65 Å². The van der Waals surface area contributed by atoms with E-state index in [1.807, 2.05) is 18.2 Å². The molecule has 11 nitrogen and oxygen atoms in total. The number of hydrogen-bond donors (Lipinski definition) is 2. The zero-order chi connectivity index (χ0) is 28.7. The predicted octanol–water partition coefficient (Wildman–Crippen LogP) is 3.87. The normalized spacial score (nSPS) is 14.1. The lowest BCUT2D eigenvalue weighted by molar-refractivity contribution is 0.0729. The van der Waals surface area contributed by atoms with Crippen molar-refractivity contribution in [3.63, 3.8) is 0 Å². The fraction of sp³-hybridized carbons (Fsp3) is 0.310. The Kier molecular flexibility index (Phi) is 9.02. The van der Waals surface area contributed by atoms with Crippen LogP contribution in [0.4, 0.5) is 10.6 Å². The minimum atomic E-state index is -3.81. The number of benzene rings is 2. The Balaban J connectivity index is 1.27. The van der Waals surface area contributed by atoms with Crippen molar-refractivity contribution in [2.75, 3.05) is 45.3 Å². The molecule has 2 aromatic carbocycles. The summed E-state index contributed by atoms with van der Waals surface area (Å²) in [5.41, 5.74) is 3.11. The van der Waals surface area contributed by atoms with Crippen molar-refractivity contribution in [2.24, 2.45) is 0 Å². The van der Waals surface area contributed by atoms with Crippen molar-refractivity contribution in [3.05, 3.63) is 72.4 Å². The van der Waals surface area contributed by atoms with Crippen LogP contribution in [0.3, 0.4) is 0 Å². The summed E-state index contributed by atoms with van der Waals surface area (Å²) in [6, 6.07) is 18.1. The number of pyridine rings is 1. The summed E-state index contributed by atoms with van der Waals surface area (Å²) in [4.78, 5) is 26.0. The number of rotatable bonds is 10. The van der Waals surface area contributed by atoms with Crippen LogP contribution >= 0.6 is 0 Å². The van der Waals surface area contributed by atoms with Gasteiger partial charge >= 0.3 is 6.03 Å². The van der Waals surface area contributed by atoms with Crippen LogP contribution in [0.5, 0.6) is 5.75 Å². The van der Waals surface area contributed by atoms with Gasteiger partial charge in [-0.3, -0.25) is 10.3 Å². The first-order valence-corrected chi connectivity index (χ1v) is 14.9. The van der Waals surface area contributed by atoms with E-state index in [9.17, 15) is 13.2 Å². The molecule has 0 bridgehead atoms. The molecule has 0 atom stereocenters. The van der Waals surface area contributed by atoms with Gasteiger partial charge in [-0.2, -0.15) is 4.31 Å². The molecule has 2 aromatic heterocycles. The van der Waals surface area contributed by atoms with E-state index in [1.165, 1.54) is 23.0 Å². The van der Waals surface area contributed by atoms with Gasteiger partial charge in [0.25, 0.3) is 0 Å². The highest BCUT2D eigenvalue weighted by Gasteiger charge is 2.29. The second-order valence-electron chi connectivity index (χ2n) is 9.50. The number of nitrogens with zero attached hydrogens (tertiary/aromatic N) is 4. The van der Waals surface area contributed by atoms with Gasteiger partial charge in [-0.15, -0.1) is 0 Å². The maximum atomic E-state index is 13.4. The molecule has 0 spiro atoms. The first-order chi connectivity index (χ1) is 19.9. The number of unbranched alkanes of at least 4 members (excludes halogenated alkanes) is 1. The van der Waals surface area contributed by atoms with E-state index in [0.717, 1.165) is 19.3 Å². The molecule has 2 N–H and O–H groups in total. The number of methoxy groups -OCH3 is 1. The molecule has 5 rings (SSSR count). The van der Waals surface area contributed by atoms with Gasteiger partial charge in [0.2, 0.25) is 10.0 Å². The molecule has 1 aliphatic heterocycles. The van der Waals surface area contributed by atoms with E-state index in [-0.39, 0.29) is 29.8 Å². The monoisotopic (exact) mass is 576 g/mol. The average Bonchev–Trinajstić information content (AvgIpc) is 3.01. The fourth-order valence-electron chi connectivity index (χ4n) is 4.53. The maximum absolute atomic E-state index is 13.4. The van der Waals surface area contributed by atoms with Crippen molar-refractivity contribution >= 4 is 33.0 Å². The third-order valence-corrected chi connectivity index (χ3v) is 8.64. The predicted molar refractivity (Wildman–Crippen MR) is 155 cm³/mol. The second-order valence-corrected chi connectivity index (χ2v) is 11.4. The number of fused-ring (bicyclic) bond motifs is 1. The van der Waals surface area contributed by atoms with E-state index in [0.29, 0.717) is 48.0 Å². The Morgan fingerprint density at radius 2 is 1.83 bits per heavy atom. The Morgan fingerprint density at radius 1 is 1.02 bits per heavy atom. The van der Waals surface area contributed by atoms with Crippen LogP contribution < -0.4 is 15.4 Å². The van der Waals surface area contributed by atoms with E-state index < -0.39 is 10.0 Å². The molecule has 4 aromatic rings. The number of carbonyl (C=O) groups excluding carboxylic acids is 1. The quantitative estimate of drug-likeness (QED) is 0.272. The van der Waals surface area contributed by atoms with E-state index >= 15 is 0 Å². The molecule has 214 valence electrons. The number of urea groups is 1. The number of amides is 2. The van der Waals surface area contributed by atoms with Crippen molar-refractivity contribution in [2.45, 2.75) is 24.2 Å². The molecule has 3 heterocycles. The topological polar surface area (TPSA) is 136 Å². The highest BCUT2D eigenvalue weighted by molar-refractivity contribution is 7.89. The van der Waals surface area contributed by atoms with E-state index in [2.05, 4.69) is 37.7 Å². The summed E-state index contributed by atoms with van der Waals surface area (Å²) in [5, 5.41) is 5.60. The summed E-state index contributed by atoms with van der Waals surface area (Å²) < 4.78 is 38.8. The molecule has 41 heavy (non-hydrogen) atoms. The SMILES string of the molecule is COc1ccc(-c2cnc3ccc(NC(=O)NCCCCc4ccccc4)nc3n2)cc1S(=O)(=O)N1CCOCC1. The van der Waals surface area contributed by atoms with Crippen LogP contribution in [-0.4, -0.2) is 73.7 Å². The Labute approximate surface area is 239 Å². The van der Waals surface area contributed by atoms with Crippen LogP contribution in [0.25, 0.3) is 22.4 Å². The minimum Gasteiger partial charge on any atom is -0.495 e. The number of sulfonamides is 1. The molecule has 12 heteroatoms. The molecule has 1 saturated heterocycles. The Morgan fingerprint density at radius 3 is 2.61 bits per heavy atom. The number of hydrogen-bond acceptors (Lipinski definition) is 8. The van der Waals surface area contributed by atoms with Gasteiger partial charge in [0.05, 0.1) is 32.2 Å². The van der Waals surface area contributed by atoms with Crippen LogP contribution in [0.2, 0.25) is 0 Å². The number of anilines is 1. The molecule has 1 fully saturated rings. The smallest absolute Gasteiger partial charge is 0.320 e. The zero-order valence-corrected chi connectivity index (χ0v) is 23.6. The lowest BCUT2D eigenvalue weighted by Gasteiger charge is -2.26. The van der Waals surface area contributed by atoms with Gasteiger partial charge in [-0.05, 0) is 55.2 Å². The molecule has 2 amide bonds. The first-order valence-electron chi connectivity index (χ1n) is 13.4. The van der Waals surface area contributed by atoms with Gasteiger partial charge in [-0.1, -0.05) is 30.3 Å². The molecule has 0 unspecified atom stereocenters. The Bertz CT molecular complexity index is 1610.